The zero-order valence-corrected chi connectivity index (χ0v) is 14.2. The van der Waals surface area contributed by atoms with Gasteiger partial charge in [-0.25, -0.2) is 4.98 Å². The monoisotopic (exact) mass is 335 g/mol. The number of halogens is 1. The van der Waals surface area contributed by atoms with Gasteiger partial charge < -0.3 is 5.32 Å². The van der Waals surface area contributed by atoms with Crippen LogP contribution in [-0.4, -0.2) is 32.8 Å². The first-order valence-electron chi connectivity index (χ1n) is 8.19. The number of hydrogen-bond donors (Lipinski definition) is 1. The molecular formula is C17H22FN3OS. The van der Waals surface area contributed by atoms with E-state index in [0.717, 1.165) is 16.6 Å². The lowest BCUT2D eigenvalue weighted by Gasteiger charge is -2.20. The Hall–Kier alpha value is -1.56. The van der Waals surface area contributed by atoms with Crippen LogP contribution >= 0.6 is 11.8 Å². The second-order valence-electron chi connectivity index (χ2n) is 6.07. The molecule has 1 aliphatic carbocycles. The zero-order chi connectivity index (χ0) is 16.2. The van der Waals surface area contributed by atoms with E-state index in [2.05, 4.69) is 10.3 Å². The molecule has 0 aliphatic heterocycles. The van der Waals surface area contributed by atoms with Crippen LogP contribution in [0.4, 0.5) is 4.39 Å². The third kappa shape index (κ3) is 3.86. The summed E-state index contributed by atoms with van der Waals surface area (Å²) in [5.74, 6) is -0.168. The molecule has 4 nitrogen and oxygen atoms in total. The summed E-state index contributed by atoms with van der Waals surface area (Å²) in [6, 6.07) is 3.57. The van der Waals surface area contributed by atoms with E-state index in [1.165, 1.54) is 36.5 Å². The highest BCUT2D eigenvalue weighted by molar-refractivity contribution is 7.99. The predicted molar refractivity (Wildman–Crippen MR) is 91.6 cm³/mol. The number of fused-ring (bicyclic) bond motifs is 1. The van der Waals surface area contributed by atoms with Gasteiger partial charge in [-0.1, -0.05) is 25.3 Å². The molecule has 0 atom stereocenters. The van der Waals surface area contributed by atoms with Crippen LogP contribution in [0, 0.1) is 12.9 Å². The lowest BCUT2D eigenvalue weighted by atomic mass is 10.0. The van der Waals surface area contributed by atoms with E-state index in [-0.39, 0.29) is 5.69 Å². The number of carbonyl (C=O) groups excluding carboxylic acids is 1. The van der Waals surface area contributed by atoms with Gasteiger partial charge in [-0.15, -0.1) is 0 Å². The molecule has 2 heterocycles. The molecule has 2 aromatic heterocycles. The minimum Gasteiger partial charge on any atom is -0.350 e. The van der Waals surface area contributed by atoms with Crippen molar-refractivity contribution in [3.63, 3.8) is 0 Å². The van der Waals surface area contributed by atoms with E-state index < -0.39 is 11.9 Å². The number of imidazole rings is 1. The molecule has 1 amide bonds. The standard InChI is InChI=1S/C17H22FN3OS/c1-12-7-8-14-20-15(16(18)21(14)11-12)17(22)19-9-10-23-13-5-3-2-4-6-13/h7-8,11,13H,2-6,9-10H2,1H3,(H,19,22). The van der Waals surface area contributed by atoms with Gasteiger partial charge in [0, 0.05) is 23.7 Å². The first-order valence-corrected chi connectivity index (χ1v) is 9.24. The van der Waals surface area contributed by atoms with Crippen LogP contribution in [0.1, 0.15) is 48.2 Å². The Kier molecular flexibility index (Phi) is 5.20. The SMILES string of the molecule is Cc1ccc2nc(C(=O)NCCSC3CCCCC3)c(F)n2c1. The van der Waals surface area contributed by atoms with Gasteiger partial charge >= 0.3 is 0 Å². The number of hydrogen-bond acceptors (Lipinski definition) is 3. The molecule has 0 saturated heterocycles. The summed E-state index contributed by atoms with van der Waals surface area (Å²) in [7, 11) is 0. The van der Waals surface area contributed by atoms with Crippen LogP contribution in [0.2, 0.25) is 0 Å². The Morgan fingerprint density at radius 3 is 2.96 bits per heavy atom. The normalized spacial score (nSPS) is 15.9. The molecule has 3 rings (SSSR count). The van der Waals surface area contributed by atoms with Crippen LogP contribution in [0.25, 0.3) is 5.65 Å². The first-order chi connectivity index (χ1) is 11.1. The summed E-state index contributed by atoms with van der Waals surface area (Å²) < 4.78 is 15.6. The molecule has 1 aliphatic rings. The summed E-state index contributed by atoms with van der Waals surface area (Å²) >= 11 is 1.91. The number of nitrogens with one attached hydrogen (secondary N) is 1. The molecular weight excluding hydrogens is 313 g/mol. The first kappa shape index (κ1) is 16.3. The molecule has 6 heteroatoms. The molecule has 0 bridgehead atoms. The maximum Gasteiger partial charge on any atom is 0.274 e. The van der Waals surface area contributed by atoms with Crippen molar-refractivity contribution in [2.75, 3.05) is 12.3 Å². The summed E-state index contributed by atoms with van der Waals surface area (Å²) in [4.78, 5) is 16.2. The van der Waals surface area contributed by atoms with Gasteiger partial charge in [-0.05, 0) is 31.4 Å². The number of carbonyl (C=O) groups is 1. The summed E-state index contributed by atoms with van der Waals surface area (Å²) in [5.41, 5.74) is 1.25. The fourth-order valence-electron chi connectivity index (χ4n) is 2.97. The van der Waals surface area contributed by atoms with Crippen molar-refractivity contribution < 1.29 is 9.18 Å². The van der Waals surface area contributed by atoms with Gasteiger partial charge in [-0.3, -0.25) is 9.20 Å². The van der Waals surface area contributed by atoms with Crippen molar-refractivity contribution in [2.24, 2.45) is 0 Å². The number of nitrogens with zero attached hydrogens (tertiary/aromatic N) is 2. The lowest BCUT2D eigenvalue weighted by Crippen LogP contribution is -2.27. The van der Waals surface area contributed by atoms with Crippen molar-refractivity contribution in [2.45, 2.75) is 44.3 Å². The van der Waals surface area contributed by atoms with E-state index in [0.29, 0.717) is 12.2 Å². The molecule has 1 saturated carbocycles. The van der Waals surface area contributed by atoms with Crippen molar-refractivity contribution >= 4 is 23.3 Å². The molecule has 0 aromatic carbocycles. The number of amides is 1. The van der Waals surface area contributed by atoms with E-state index in [1.54, 1.807) is 12.3 Å². The fourth-order valence-corrected chi connectivity index (χ4v) is 4.19. The van der Waals surface area contributed by atoms with Crippen LogP contribution in [0.3, 0.4) is 0 Å². The molecule has 1 fully saturated rings. The second-order valence-corrected chi connectivity index (χ2v) is 7.48. The predicted octanol–water partition coefficient (Wildman–Crippen LogP) is 3.58. The van der Waals surface area contributed by atoms with Gasteiger partial charge in [0.25, 0.3) is 5.91 Å². The van der Waals surface area contributed by atoms with E-state index in [4.69, 9.17) is 0 Å². The van der Waals surface area contributed by atoms with Crippen molar-refractivity contribution in [3.8, 4) is 0 Å². The van der Waals surface area contributed by atoms with Gasteiger partial charge in [0.1, 0.15) is 5.65 Å². The Bertz CT molecular complexity index is 694. The lowest BCUT2D eigenvalue weighted by molar-refractivity contribution is 0.0947. The highest BCUT2D eigenvalue weighted by atomic mass is 32.2. The average Bonchev–Trinajstić information content (AvgIpc) is 2.89. The molecule has 0 radical (unpaired) electrons. The molecule has 124 valence electrons. The Balaban J connectivity index is 1.55. The van der Waals surface area contributed by atoms with Crippen LogP contribution in [0.15, 0.2) is 18.3 Å². The van der Waals surface area contributed by atoms with Crippen molar-refractivity contribution in [3.05, 3.63) is 35.5 Å². The van der Waals surface area contributed by atoms with Gasteiger partial charge in [-0.2, -0.15) is 16.2 Å². The molecule has 1 N–H and O–H groups in total. The molecule has 23 heavy (non-hydrogen) atoms. The highest BCUT2D eigenvalue weighted by Gasteiger charge is 2.19. The molecule has 0 spiro atoms. The smallest absolute Gasteiger partial charge is 0.274 e. The van der Waals surface area contributed by atoms with E-state index >= 15 is 0 Å². The Morgan fingerprint density at radius 2 is 2.17 bits per heavy atom. The quantitative estimate of drug-likeness (QED) is 0.850. The Labute approximate surface area is 139 Å². The molecule has 0 unspecified atom stereocenters. The number of aryl methyl sites for hydroxylation is 1. The van der Waals surface area contributed by atoms with Crippen LogP contribution in [0.5, 0.6) is 0 Å². The van der Waals surface area contributed by atoms with Crippen LogP contribution in [-0.2, 0) is 0 Å². The van der Waals surface area contributed by atoms with Gasteiger partial charge in [0.15, 0.2) is 5.69 Å². The maximum atomic E-state index is 14.3. The largest absolute Gasteiger partial charge is 0.350 e. The fraction of sp³-hybridized carbons (Fsp3) is 0.529. The summed E-state index contributed by atoms with van der Waals surface area (Å²) in [5, 5.41) is 3.50. The number of thioether (sulfide) groups is 1. The summed E-state index contributed by atoms with van der Waals surface area (Å²) in [6.45, 7) is 2.42. The van der Waals surface area contributed by atoms with Gasteiger partial charge in [0.2, 0.25) is 5.95 Å². The average molecular weight is 335 g/mol. The number of aromatic nitrogens is 2. The number of rotatable bonds is 5. The second kappa shape index (κ2) is 7.34. The van der Waals surface area contributed by atoms with Crippen molar-refractivity contribution in [1.82, 2.24) is 14.7 Å². The van der Waals surface area contributed by atoms with Crippen molar-refractivity contribution in [1.29, 1.82) is 0 Å². The van der Waals surface area contributed by atoms with Gasteiger partial charge in [0.05, 0.1) is 0 Å². The van der Waals surface area contributed by atoms with E-state index in [9.17, 15) is 9.18 Å². The number of pyridine rings is 1. The third-order valence-corrected chi connectivity index (χ3v) is 5.60. The third-order valence-electron chi connectivity index (χ3n) is 4.22. The highest BCUT2D eigenvalue weighted by Crippen LogP contribution is 2.27. The Morgan fingerprint density at radius 1 is 1.39 bits per heavy atom. The maximum absolute atomic E-state index is 14.3. The minimum absolute atomic E-state index is 0.127. The summed E-state index contributed by atoms with van der Waals surface area (Å²) in [6.07, 6.45) is 8.18. The molecule has 2 aromatic rings. The zero-order valence-electron chi connectivity index (χ0n) is 13.3. The van der Waals surface area contributed by atoms with E-state index in [1.807, 2.05) is 24.8 Å². The minimum atomic E-state index is -0.596. The van der Waals surface area contributed by atoms with Crippen LogP contribution < -0.4 is 5.32 Å². The topological polar surface area (TPSA) is 46.4 Å².